The van der Waals surface area contributed by atoms with Crippen LogP contribution in [-0.2, 0) is 0 Å². The van der Waals surface area contributed by atoms with Crippen molar-refractivity contribution in [2.24, 2.45) is 0 Å². The normalized spacial score (nSPS) is 10.7. The highest BCUT2D eigenvalue weighted by Gasteiger charge is 2.21. The van der Waals surface area contributed by atoms with Crippen molar-refractivity contribution in [2.75, 3.05) is 12.4 Å². The van der Waals surface area contributed by atoms with Gasteiger partial charge in [-0.25, -0.2) is 4.68 Å². The molecule has 0 bridgehead atoms. The maximum atomic E-state index is 11.4. The third kappa shape index (κ3) is 1.78. The van der Waals surface area contributed by atoms with Gasteiger partial charge in [0.15, 0.2) is 0 Å². The van der Waals surface area contributed by atoms with Crippen molar-refractivity contribution in [1.29, 1.82) is 0 Å². The minimum absolute atomic E-state index is 0.0175. The Morgan fingerprint density at radius 2 is 2.00 bits per heavy atom. The molecule has 0 spiro atoms. The highest BCUT2D eigenvalue weighted by atomic mass is 16.6. The maximum absolute atomic E-state index is 11.4. The van der Waals surface area contributed by atoms with Gasteiger partial charge >= 0.3 is 5.69 Å². The minimum atomic E-state index is -0.391. The zero-order valence-electron chi connectivity index (χ0n) is 10.8. The summed E-state index contributed by atoms with van der Waals surface area (Å²) in [4.78, 5) is 11.0. The molecular weight excluding hydrogens is 256 g/mol. The molecule has 0 aliphatic rings. The van der Waals surface area contributed by atoms with Gasteiger partial charge in [0.1, 0.15) is 11.4 Å². The van der Waals surface area contributed by atoms with E-state index in [0.29, 0.717) is 11.4 Å². The fourth-order valence-electron chi connectivity index (χ4n) is 2.26. The molecule has 2 aromatic carbocycles. The molecule has 0 aliphatic carbocycles. The van der Waals surface area contributed by atoms with E-state index in [9.17, 15) is 10.1 Å². The van der Waals surface area contributed by atoms with E-state index in [1.54, 1.807) is 36.1 Å². The number of benzene rings is 2. The van der Waals surface area contributed by atoms with Crippen molar-refractivity contribution in [2.45, 2.75) is 0 Å². The third-order valence-electron chi connectivity index (χ3n) is 3.17. The van der Waals surface area contributed by atoms with Gasteiger partial charge in [0, 0.05) is 12.4 Å². The summed E-state index contributed by atoms with van der Waals surface area (Å²) in [6.45, 7) is 0. The van der Waals surface area contributed by atoms with Crippen LogP contribution in [0, 0.1) is 10.1 Å². The molecule has 0 unspecified atom stereocenters. The highest BCUT2D eigenvalue weighted by molar-refractivity contribution is 5.82. The summed E-state index contributed by atoms with van der Waals surface area (Å²) >= 11 is 0. The number of hydrogen-bond acceptors (Lipinski definition) is 4. The van der Waals surface area contributed by atoms with Gasteiger partial charge in [0.05, 0.1) is 16.6 Å². The second-order valence-electron chi connectivity index (χ2n) is 4.30. The van der Waals surface area contributed by atoms with Crippen molar-refractivity contribution in [1.82, 2.24) is 9.78 Å². The number of para-hydroxylation sites is 2. The number of nitrogens with zero attached hydrogens (tertiary/aromatic N) is 3. The Hall–Kier alpha value is -2.89. The summed E-state index contributed by atoms with van der Waals surface area (Å²) in [6, 6.07) is 12.7. The lowest BCUT2D eigenvalue weighted by Gasteiger charge is -2.08. The molecule has 100 valence electrons. The Balaban J connectivity index is 2.32. The lowest BCUT2D eigenvalue weighted by Crippen LogP contribution is -2.04. The SMILES string of the molecule is CNc1cccc(-n2ncc3ccccc32)c1[N+](=O)[O-]. The molecule has 3 aromatic rings. The van der Waals surface area contributed by atoms with E-state index in [-0.39, 0.29) is 5.69 Å². The van der Waals surface area contributed by atoms with Crippen molar-refractivity contribution >= 4 is 22.3 Å². The molecule has 0 fully saturated rings. The van der Waals surface area contributed by atoms with Crippen LogP contribution in [-0.4, -0.2) is 21.8 Å². The van der Waals surface area contributed by atoms with Gasteiger partial charge in [0.25, 0.3) is 0 Å². The molecule has 20 heavy (non-hydrogen) atoms. The lowest BCUT2D eigenvalue weighted by molar-refractivity contribution is -0.383. The molecular formula is C14H12N4O2. The molecule has 0 radical (unpaired) electrons. The zero-order chi connectivity index (χ0) is 14.1. The molecule has 1 aromatic heterocycles. The van der Waals surface area contributed by atoms with E-state index in [0.717, 1.165) is 10.9 Å². The molecule has 0 atom stereocenters. The Kier molecular flexibility index (Phi) is 2.83. The molecule has 3 rings (SSSR count). The topological polar surface area (TPSA) is 73.0 Å². The fourth-order valence-corrected chi connectivity index (χ4v) is 2.26. The number of aromatic nitrogens is 2. The first kappa shape index (κ1) is 12.2. The van der Waals surface area contributed by atoms with Crippen LogP contribution in [0.25, 0.3) is 16.6 Å². The monoisotopic (exact) mass is 268 g/mol. The van der Waals surface area contributed by atoms with Crippen molar-refractivity contribution < 1.29 is 4.92 Å². The predicted octanol–water partition coefficient (Wildman–Crippen LogP) is 2.98. The molecule has 0 saturated carbocycles. The number of nitro benzene ring substituents is 1. The van der Waals surface area contributed by atoms with E-state index in [4.69, 9.17) is 0 Å². The Labute approximate surface area is 114 Å². The maximum Gasteiger partial charge on any atom is 0.317 e. The second kappa shape index (κ2) is 4.65. The molecule has 0 saturated heterocycles. The largest absolute Gasteiger partial charge is 0.382 e. The number of rotatable bonds is 3. The highest BCUT2D eigenvalue weighted by Crippen LogP contribution is 2.32. The Morgan fingerprint density at radius 1 is 1.20 bits per heavy atom. The average Bonchev–Trinajstić information content (AvgIpc) is 2.90. The van der Waals surface area contributed by atoms with Gasteiger partial charge in [-0.2, -0.15) is 5.10 Å². The van der Waals surface area contributed by atoms with E-state index >= 15 is 0 Å². The summed E-state index contributed by atoms with van der Waals surface area (Å²) < 4.78 is 1.59. The van der Waals surface area contributed by atoms with Crippen LogP contribution in [0.4, 0.5) is 11.4 Å². The van der Waals surface area contributed by atoms with Crippen LogP contribution in [0.5, 0.6) is 0 Å². The van der Waals surface area contributed by atoms with Gasteiger partial charge < -0.3 is 5.32 Å². The van der Waals surface area contributed by atoms with Crippen LogP contribution >= 0.6 is 0 Å². The standard InChI is InChI=1S/C14H12N4O2/c1-15-11-6-4-8-13(14(11)18(19)20)17-12-7-3-2-5-10(12)9-16-17/h2-9,15H,1H3. The third-order valence-corrected chi connectivity index (χ3v) is 3.17. The summed E-state index contributed by atoms with van der Waals surface area (Å²) in [7, 11) is 1.66. The van der Waals surface area contributed by atoms with Crippen LogP contribution < -0.4 is 5.32 Å². The number of anilines is 1. The summed E-state index contributed by atoms with van der Waals surface area (Å²) in [5.74, 6) is 0. The van der Waals surface area contributed by atoms with E-state index in [1.807, 2.05) is 24.3 Å². The number of fused-ring (bicyclic) bond motifs is 1. The van der Waals surface area contributed by atoms with Gasteiger partial charge in [-0.1, -0.05) is 24.3 Å². The van der Waals surface area contributed by atoms with Crippen LogP contribution in [0.2, 0.25) is 0 Å². The van der Waals surface area contributed by atoms with Crippen molar-refractivity contribution in [3.8, 4) is 5.69 Å². The van der Waals surface area contributed by atoms with Gasteiger partial charge in [-0.3, -0.25) is 10.1 Å². The zero-order valence-corrected chi connectivity index (χ0v) is 10.8. The first-order valence-corrected chi connectivity index (χ1v) is 6.10. The first-order valence-electron chi connectivity index (χ1n) is 6.10. The summed E-state index contributed by atoms with van der Waals surface area (Å²) in [5.41, 5.74) is 1.77. The Morgan fingerprint density at radius 3 is 2.75 bits per heavy atom. The minimum Gasteiger partial charge on any atom is -0.382 e. The van der Waals surface area contributed by atoms with Gasteiger partial charge in [-0.05, 0) is 18.2 Å². The molecule has 0 aliphatic heterocycles. The Bertz CT molecular complexity index is 795. The van der Waals surface area contributed by atoms with Crippen LogP contribution in [0.15, 0.2) is 48.7 Å². The molecule has 0 amide bonds. The van der Waals surface area contributed by atoms with E-state index in [2.05, 4.69) is 10.4 Å². The van der Waals surface area contributed by atoms with Crippen LogP contribution in [0.3, 0.4) is 0 Å². The molecule has 1 N–H and O–H groups in total. The van der Waals surface area contributed by atoms with Crippen LogP contribution in [0.1, 0.15) is 0 Å². The van der Waals surface area contributed by atoms with Gasteiger partial charge in [-0.15, -0.1) is 0 Å². The number of nitrogens with one attached hydrogen (secondary N) is 1. The van der Waals surface area contributed by atoms with E-state index < -0.39 is 4.92 Å². The van der Waals surface area contributed by atoms with Crippen molar-refractivity contribution in [3.63, 3.8) is 0 Å². The second-order valence-corrected chi connectivity index (χ2v) is 4.30. The first-order chi connectivity index (χ1) is 9.72. The predicted molar refractivity (Wildman–Crippen MR) is 77.3 cm³/mol. The number of hydrogen-bond donors (Lipinski definition) is 1. The molecule has 6 heteroatoms. The average molecular weight is 268 g/mol. The van der Waals surface area contributed by atoms with E-state index in [1.165, 1.54) is 0 Å². The molecule has 1 heterocycles. The van der Waals surface area contributed by atoms with Crippen molar-refractivity contribution in [3.05, 3.63) is 58.8 Å². The number of nitro groups is 1. The quantitative estimate of drug-likeness (QED) is 0.585. The summed E-state index contributed by atoms with van der Waals surface area (Å²) in [6.07, 6.45) is 1.70. The molecule has 6 nitrogen and oxygen atoms in total. The smallest absolute Gasteiger partial charge is 0.317 e. The lowest BCUT2D eigenvalue weighted by atomic mass is 10.2. The fraction of sp³-hybridized carbons (Fsp3) is 0.0714. The van der Waals surface area contributed by atoms with Gasteiger partial charge in [0.2, 0.25) is 0 Å². The summed E-state index contributed by atoms with van der Waals surface area (Å²) in [5, 5.41) is 19.4.